The molecule has 1 heterocycles. The zero-order chi connectivity index (χ0) is 27.2. The molecule has 0 atom stereocenters. The van der Waals surface area contributed by atoms with E-state index in [0.717, 1.165) is 89.4 Å². The number of unbranched alkanes of at least 4 members (excludes halogenated alkanes) is 3. The third-order valence-corrected chi connectivity index (χ3v) is 7.34. The van der Waals surface area contributed by atoms with Crippen molar-refractivity contribution in [2.24, 2.45) is 0 Å². The summed E-state index contributed by atoms with van der Waals surface area (Å²) in [5.74, 6) is 2.40. The Morgan fingerprint density at radius 3 is 2.08 bits per heavy atom. The van der Waals surface area contributed by atoms with E-state index in [0.29, 0.717) is 24.5 Å². The number of amides is 1. The topological polar surface area (TPSA) is 54.5 Å². The van der Waals surface area contributed by atoms with E-state index in [1.54, 1.807) is 14.2 Å². The van der Waals surface area contributed by atoms with Gasteiger partial charge in [0.25, 0.3) is 0 Å². The van der Waals surface area contributed by atoms with E-state index in [-0.39, 0.29) is 5.91 Å². The fourth-order valence-electron chi connectivity index (χ4n) is 5.05. The van der Waals surface area contributed by atoms with E-state index >= 15 is 0 Å². The number of hydrogen-bond donors (Lipinski definition) is 0. The summed E-state index contributed by atoms with van der Waals surface area (Å²) in [6.45, 7) is 12.2. The first-order chi connectivity index (χ1) is 18.6. The van der Waals surface area contributed by atoms with Crippen LogP contribution in [-0.4, -0.2) is 80.7 Å². The molecule has 0 radical (unpaired) electrons. The Morgan fingerprint density at radius 1 is 0.789 bits per heavy atom. The lowest BCUT2D eigenvalue weighted by atomic mass is 10.1. The molecule has 0 aromatic heterocycles. The molecule has 210 valence electrons. The Labute approximate surface area is 229 Å². The van der Waals surface area contributed by atoms with Gasteiger partial charge >= 0.3 is 0 Å². The molecule has 7 nitrogen and oxygen atoms in total. The lowest BCUT2D eigenvalue weighted by Gasteiger charge is -2.35. The molecule has 2 aromatic carbocycles. The molecule has 1 saturated heterocycles. The van der Waals surface area contributed by atoms with Crippen LogP contribution in [0.5, 0.6) is 17.2 Å². The number of nitrogens with zero attached hydrogens (tertiary/aromatic N) is 3. The zero-order valence-corrected chi connectivity index (χ0v) is 23.9. The summed E-state index contributed by atoms with van der Waals surface area (Å²) in [5, 5.41) is 0. The quantitative estimate of drug-likeness (QED) is 0.280. The first kappa shape index (κ1) is 29.8. The van der Waals surface area contributed by atoms with Gasteiger partial charge in [0.05, 0.1) is 20.8 Å². The van der Waals surface area contributed by atoms with Crippen molar-refractivity contribution in [3.63, 3.8) is 0 Å². The summed E-state index contributed by atoms with van der Waals surface area (Å²) >= 11 is 0. The first-order valence-electron chi connectivity index (χ1n) is 14.2. The average Bonchev–Trinajstić information content (AvgIpc) is 2.95. The van der Waals surface area contributed by atoms with Crippen molar-refractivity contribution in [3.05, 3.63) is 53.6 Å². The van der Waals surface area contributed by atoms with Gasteiger partial charge in [0.15, 0.2) is 11.5 Å². The van der Waals surface area contributed by atoms with E-state index in [2.05, 4.69) is 46.2 Å². The predicted molar refractivity (Wildman–Crippen MR) is 153 cm³/mol. The number of hydrogen-bond acceptors (Lipinski definition) is 6. The second kappa shape index (κ2) is 16.2. The standard InChI is InChI=1S/C31H47N3O4/c1-5-34(6-2)29(35)16-12-7-8-13-23-38-30-27(17-18-28(36-3)31(30)37-4)25-33-21-19-32(20-22-33)24-26-14-10-9-11-15-26/h9-11,14-15,17-18H,5-8,12-13,16,19-25H2,1-4H3. The largest absolute Gasteiger partial charge is 0.493 e. The molecule has 7 heteroatoms. The van der Waals surface area contributed by atoms with Gasteiger partial charge in [-0.15, -0.1) is 0 Å². The van der Waals surface area contributed by atoms with Gasteiger partial charge in [-0.3, -0.25) is 14.6 Å². The van der Waals surface area contributed by atoms with E-state index in [1.165, 1.54) is 5.56 Å². The van der Waals surface area contributed by atoms with Crippen molar-refractivity contribution < 1.29 is 19.0 Å². The minimum absolute atomic E-state index is 0.262. The number of carbonyl (C=O) groups is 1. The van der Waals surface area contributed by atoms with Crippen LogP contribution in [0.2, 0.25) is 0 Å². The molecule has 0 saturated carbocycles. The SMILES string of the molecule is CCN(CC)C(=O)CCCCCCOc1c(CN2CCN(Cc3ccccc3)CC2)ccc(OC)c1OC. The number of benzene rings is 2. The Balaban J connectivity index is 1.49. The van der Waals surface area contributed by atoms with Gasteiger partial charge in [-0.1, -0.05) is 49.2 Å². The van der Waals surface area contributed by atoms with E-state index in [4.69, 9.17) is 14.2 Å². The second-order valence-corrected chi connectivity index (χ2v) is 9.91. The summed E-state index contributed by atoms with van der Waals surface area (Å²) in [6.07, 6.45) is 4.58. The van der Waals surface area contributed by atoms with Gasteiger partial charge in [0.2, 0.25) is 11.7 Å². The van der Waals surface area contributed by atoms with Crippen LogP contribution in [0.1, 0.15) is 57.1 Å². The van der Waals surface area contributed by atoms with Crippen molar-refractivity contribution in [3.8, 4) is 17.2 Å². The van der Waals surface area contributed by atoms with Crippen LogP contribution >= 0.6 is 0 Å². The Hall–Kier alpha value is -2.77. The molecule has 0 aliphatic carbocycles. The smallest absolute Gasteiger partial charge is 0.222 e. The lowest BCUT2D eigenvalue weighted by Crippen LogP contribution is -2.45. The van der Waals surface area contributed by atoms with Crippen molar-refractivity contribution >= 4 is 5.91 Å². The number of methoxy groups -OCH3 is 2. The van der Waals surface area contributed by atoms with Crippen LogP contribution in [-0.2, 0) is 17.9 Å². The third kappa shape index (κ3) is 8.91. The Bertz CT molecular complexity index is 957. The second-order valence-electron chi connectivity index (χ2n) is 9.91. The maximum Gasteiger partial charge on any atom is 0.222 e. The lowest BCUT2D eigenvalue weighted by molar-refractivity contribution is -0.130. The van der Waals surface area contributed by atoms with Crippen LogP contribution in [0.3, 0.4) is 0 Å². The summed E-state index contributed by atoms with van der Waals surface area (Å²) in [6, 6.07) is 14.8. The summed E-state index contributed by atoms with van der Waals surface area (Å²) in [5.41, 5.74) is 2.50. The van der Waals surface area contributed by atoms with Crippen LogP contribution in [0, 0.1) is 0 Å². The number of ether oxygens (including phenoxy) is 3. The Morgan fingerprint density at radius 2 is 1.45 bits per heavy atom. The van der Waals surface area contributed by atoms with Crippen molar-refractivity contribution in [2.45, 2.75) is 59.0 Å². The van der Waals surface area contributed by atoms with Crippen LogP contribution in [0.15, 0.2) is 42.5 Å². The maximum atomic E-state index is 12.2. The summed E-state index contributed by atoms with van der Waals surface area (Å²) in [7, 11) is 3.33. The van der Waals surface area contributed by atoms with Gasteiger partial charge in [0, 0.05) is 64.3 Å². The van der Waals surface area contributed by atoms with Crippen LogP contribution < -0.4 is 14.2 Å². The first-order valence-corrected chi connectivity index (χ1v) is 14.2. The minimum atomic E-state index is 0.262. The van der Waals surface area contributed by atoms with Crippen molar-refractivity contribution in [1.29, 1.82) is 0 Å². The molecule has 0 bridgehead atoms. The van der Waals surface area contributed by atoms with Gasteiger partial charge in [-0.25, -0.2) is 0 Å². The maximum absolute atomic E-state index is 12.2. The molecule has 0 unspecified atom stereocenters. The molecular formula is C31H47N3O4. The molecule has 0 spiro atoms. The van der Waals surface area contributed by atoms with E-state index in [1.807, 2.05) is 24.8 Å². The minimum Gasteiger partial charge on any atom is -0.493 e. The third-order valence-electron chi connectivity index (χ3n) is 7.34. The fraction of sp³-hybridized carbons (Fsp3) is 0.581. The normalized spacial score (nSPS) is 14.3. The van der Waals surface area contributed by atoms with Crippen molar-refractivity contribution in [2.75, 3.05) is 60.1 Å². The fourth-order valence-corrected chi connectivity index (χ4v) is 5.05. The number of rotatable bonds is 16. The van der Waals surface area contributed by atoms with Crippen LogP contribution in [0.4, 0.5) is 0 Å². The van der Waals surface area contributed by atoms with Gasteiger partial charge in [0.1, 0.15) is 0 Å². The highest BCUT2D eigenvalue weighted by molar-refractivity contribution is 5.76. The highest BCUT2D eigenvalue weighted by atomic mass is 16.5. The Kier molecular flexibility index (Phi) is 12.7. The zero-order valence-electron chi connectivity index (χ0n) is 23.9. The van der Waals surface area contributed by atoms with Gasteiger partial charge < -0.3 is 19.1 Å². The molecule has 1 amide bonds. The van der Waals surface area contributed by atoms with Gasteiger partial charge in [-0.2, -0.15) is 0 Å². The summed E-state index contributed by atoms with van der Waals surface area (Å²) < 4.78 is 17.6. The van der Waals surface area contributed by atoms with Crippen molar-refractivity contribution in [1.82, 2.24) is 14.7 Å². The molecule has 3 rings (SSSR count). The molecule has 38 heavy (non-hydrogen) atoms. The molecule has 1 aliphatic rings. The highest BCUT2D eigenvalue weighted by Gasteiger charge is 2.22. The molecule has 0 N–H and O–H groups in total. The van der Waals surface area contributed by atoms with Crippen LogP contribution in [0.25, 0.3) is 0 Å². The molecular weight excluding hydrogens is 478 g/mol. The van der Waals surface area contributed by atoms with E-state index in [9.17, 15) is 4.79 Å². The molecule has 1 fully saturated rings. The van der Waals surface area contributed by atoms with Gasteiger partial charge in [-0.05, 0) is 38.3 Å². The predicted octanol–water partition coefficient (Wildman–Crippen LogP) is 5.22. The molecule has 1 aliphatic heterocycles. The molecule has 2 aromatic rings. The van der Waals surface area contributed by atoms with E-state index < -0.39 is 0 Å². The monoisotopic (exact) mass is 525 g/mol. The number of carbonyl (C=O) groups excluding carboxylic acids is 1. The number of piperazine rings is 1. The highest BCUT2D eigenvalue weighted by Crippen LogP contribution is 2.40. The average molecular weight is 526 g/mol. The summed E-state index contributed by atoms with van der Waals surface area (Å²) in [4.78, 5) is 19.1.